The minimum atomic E-state index is -0.462. The lowest BCUT2D eigenvalue weighted by molar-refractivity contribution is -0.0140. The summed E-state index contributed by atoms with van der Waals surface area (Å²) in [5.74, 6) is -0.551. The molecule has 0 unspecified atom stereocenters. The van der Waals surface area contributed by atoms with E-state index in [1.165, 1.54) is 0 Å². The Hall–Kier alpha value is -2.33. The Morgan fingerprint density at radius 2 is 1.37 bits per heavy atom. The van der Waals surface area contributed by atoms with E-state index in [0.717, 1.165) is 5.06 Å². The number of rotatable bonds is 2. The number of amides is 2. The Labute approximate surface area is 114 Å². The Bertz CT molecular complexity index is 632. The number of carbonyl (C=O) groups excluding carboxylic acids is 2. The summed E-state index contributed by atoms with van der Waals surface area (Å²) >= 11 is 5.76. The first-order valence-electron chi connectivity index (χ1n) is 5.58. The number of nitrogens with zero attached hydrogens (tertiary/aromatic N) is 1. The van der Waals surface area contributed by atoms with Crippen LogP contribution in [-0.2, 0) is 0 Å². The highest BCUT2D eigenvalue weighted by atomic mass is 35.5. The fourth-order valence-corrected chi connectivity index (χ4v) is 1.98. The van der Waals surface area contributed by atoms with Gasteiger partial charge in [-0.1, -0.05) is 28.8 Å². The van der Waals surface area contributed by atoms with Crippen LogP contribution < -0.4 is 4.84 Å². The molecule has 0 N–H and O–H groups in total. The van der Waals surface area contributed by atoms with Gasteiger partial charge in [-0.2, -0.15) is 0 Å². The predicted octanol–water partition coefficient (Wildman–Crippen LogP) is 2.93. The zero-order valence-corrected chi connectivity index (χ0v) is 10.4. The molecule has 2 aromatic carbocycles. The normalized spacial score (nSPS) is 13.6. The third-order valence-corrected chi connectivity index (χ3v) is 3.02. The van der Waals surface area contributed by atoms with Crippen molar-refractivity contribution in [3.8, 4) is 5.75 Å². The number of benzene rings is 2. The fraction of sp³-hybridized carbons (Fsp3) is 0. The van der Waals surface area contributed by atoms with Crippen molar-refractivity contribution in [1.29, 1.82) is 0 Å². The summed E-state index contributed by atoms with van der Waals surface area (Å²) in [6.45, 7) is 0. The molecule has 5 heteroatoms. The first-order chi connectivity index (χ1) is 9.16. The monoisotopic (exact) mass is 273 g/mol. The molecule has 1 aliphatic rings. The number of fused-ring (bicyclic) bond motifs is 1. The van der Waals surface area contributed by atoms with Gasteiger partial charge in [-0.05, 0) is 36.4 Å². The van der Waals surface area contributed by atoms with Gasteiger partial charge in [0.25, 0.3) is 11.8 Å². The van der Waals surface area contributed by atoms with Crippen LogP contribution in [0.15, 0.2) is 48.5 Å². The number of carbonyl (C=O) groups is 2. The molecule has 0 radical (unpaired) electrons. The third-order valence-electron chi connectivity index (χ3n) is 2.77. The molecule has 0 saturated heterocycles. The summed E-state index contributed by atoms with van der Waals surface area (Å²) in [7, 11) is 0. The largest absolute Gasteiger partial charge is 0.368 e. The van der Waals surface area contributed by atoms with Crippen molar-refractivity contribution in [3.63, 3.8) is 0 Å². The van der Waals surface area contributed by atoms with Gasteiger partial charge in [0.2, 0.25) is 0 Å². The lowest BCUT2D eigenvalue weighted by Crippen LogP contribution is -2.33. The second kappa shape index (κ2) is 4.40. The van der Waals surface area contributed by atoms with E-state index in [-0.39, 0.29) is 0 Å². The number of hydrogen-bond acceptors (Lipinski definition) is 3. The van der Waals surface area contributed by atoms with E-state index in [1.54, 1.807) is 48.5 Å². The van der Waals surface area contributed by atoms with Gasteiger partial charge in [-0.25, -0.2) is 0 Å². The average molecular weight is 274 g/mol. The van der Waals surface area contributed by atoms with Gasteiger partial charge >= 0.3 is 0 Å². The summed E-state index contributed by atoms with van der Waals surface area (Å²) in [6.07, 6.45) is 0. The molecule has 4 nitrogen and oxygen atoms in total. The van der Waals surface area contributed by atoms with Crippen LogP contribution in [0, 0.1) is 0 Å². The topological polar surface area (TPSA) is 46.6 Å². The van der Waals surface area contributed by atoms with Gasteiger partial charge < -0.3 is 4.84 Å². The lowest BCUT2D eigenvalue weighted by Gasteiger charge is -2.14. The second-order valence-corrected chi connectivity index (χ2v) is 4.43. The maximum absolute atomic E-state index is 12.0. The van der Waals surface area contributed by atoms with Gasteiger partial charge in [-0.3, -0.25) is 9.59 Å². The lowest BCUT2D eigenvalue weighted by atomic mass is 10.1. The Morgan fingerprint density at radius 3 is 1.89 bits per heavy atom. The smallest absolute Gasteiger partial charge is 0.295 e. The van der Waals surface area contributed by atoms with E-state index in [2.05, 4.69) is 0 Å². The second-order valence-electron chi connectivity index (χ2n) is 4.00. The molecular weight excluding hydrogens is 266 g/mol. The first-order valence-corrected chi connectivity index (χ1v) is 5.96. The van der Waals surface area contributed by atoms with Crippen molar-refractivity contribution < 1.29 is 14.4 Å². The minimum absolute atomic E-state index is 0.349. The minimum Gasteiger partial charge on any atom is -0.368 e. The molecule has 0 aromatic heterocycles. The van der Waals surface area contributed by atoms with Gasteiger partial charge in [0, 0.05) is 5.02 Å². The molecule has 2 amide bonds. The summed E-state index contributed by atoms with van der Waals surface area (Å²) in [5.41, 5.74) is 0.697. The maximum Gasteiger partial charge on any atom is 0.295 e. The van der Waals surface area contributed by atoms with E-state index in [0.29, 0.717) is 21.9 Å². The molecule has 0 bridgehead atoms. The van der Waals surface area contributed by atoms with Crippen LogP contribution in [-0.4, -0.2) is 16.9 Å². The van der Waals surface area contributed by atoms with E-state index < -0.39 is 11.8 Å². The van der Waals surface area contributed by atoms with E-state index in [9.17, 15) is 9.59 Å². The standard InChI is InChI=1S/C14H8ClNO3/c15-9-5-7-10(8-6-9)19-16-13(17)11-3-1-2-4-12(11)14(16)18/h1-8H. The zero-order valence-electron chi connectivity index (χ0n) is 9.67. The van der Waals surface area contributed by atoms with Gasteiger partial charge in [0.05, 0.1) is 11.1 Å². The summed E-state index contributed by atoms with van der Waals surface area (Å²) < 4.78 is 0. The molecule has 19 heavy (non-hydrogen) atoms. The number of hydrogen-bond donors (Lipinski definition) is 0. The van der Waals surface area contributed by atoms with Gasteiger partial charge in [0.15, 0.2) is 5.75 Å². The Balaban J connectivity index is 1.90. The molecule has 0 aliphatic carbocycles. The number of hydroxylamine groups is 2. The van der Waals surface area contributed by atoms with Crippen LogP contribution >= 0.6 is 11.6 Å². The molecular formula is C14H8ClNO3. The van der Waals surface area contributed by atoms with Crippen molar-refractivity contribution in [2.24, 2.45) is 0 Å². The quantitative estimate of drug-likeness (QED) is 0.791. The van der Waals surface area contributed by atoms with Crippen LogP contribution in [0.1, 0.15) is 20.7 Å². The molecule has 1 aliphatic heterocycles. The molecule has 1 heterocycles. The molecule has 0 atom stereocenters. The molecule has 3 rings (SSSR count). The fourth-order valence-electron chi connectivity index (χ4n) is 1.85. The van der Waals surface area contributed by atoms with E-state index in [4.69, 9.17) is 16.4 Å². The highest BCUT2D eigenvalue weighted by Crippen LogP contribution is 2.25. The Kier molecular flexibility index (Phi) is 2.72. The molecule has 2 aromatic rings. The van der Waals surface area contributed by atoms with Crippen LogP contribution in [0.25, 0.3) is 0 Å². The van der Waals surface area contributed by atoms with Gasteiger partial charge in [0.1, 0.15) is 0 Å². The SMILES string of the molecule is O=C1c2ccccc2C(=O)N1Oc1ccc(Cl)cc1. The highest BCUT2D eigenvalue weighted by molar-refractivity contribution is 6.30. The third kappa shape index (κ3) is 1.96. The van der Waals surface area contributed by atoms with Crippen LogP contribution in [0.3, 0.4) is 0 Å². The molecule has 0 fully saturated rings. The van der Waals surface area contributed by atoms with Crippen molar-refractivity contribution in [1.82, 2.24) is 5.06 Å². The van der Waals surface area contributed by atoms with Gasteiger partial charge in [-0.15, -0.1) is 0 Å². The van der Waals surface area contributed by atoms with Crippen LogP contribution in [0.5, 0.6) is 5.75 Å². The van der Waals surface area contributed by atoms with Crippen molar-refractivity contribution in [3.05, 3.63) is 64.7 Å². The van der Waals surface area contributed by atoms with E-state index in [1.807, 2.05) is 0 Å². The zero-order chi connectivity index (χ0) is 13.4. The van der Waals surface area contributed by atoms with Crippen molar-refractivity contribution >= 4 is 23.4 Å². The Morgan fingerprint density at radius 1 is 0.842 bits per heavy atom. The summed E-state index contributed by atoms with van der Waals surface area (Å²) in [6, 6.07) is 13.0. The average Bonchev–Trinajstić information content (AvgIpc) is 2.67. The van der Waals surface area contributed by atoms with Crippen molar-refractivity contribution in [2.75, 3.05) is 0 Å². The molecule has 0 saturated carbocycles. The van der Waals surface area contributed by atoms with E-state index >= 15 is 0 Å². The predicted molar refractivity (Wildman–Crippen MR) is 69.0 cm³/mol. The van der Waals surface area contributed by atoms with Crippen molar-refractivity contribution in [2.45, 2.75) is 0 Å². The summed E-state index contributed by atoms with van der Waals surface area (Å²) in [4.78, 5) is 29.4. The first kappa shape index (κ1) is 11.7. The highest BCUT2D eigenvalue weighted by Gasteiger charge is 2.37. The van der Waals surface area contributed by atoms with Crippen LogP contribution in [0.4, 0.5) is 0 Å². The molecule has 94 valence electrons. The molecule has 0 spiro atoms. The maximum atomic E-state index is 12.0. The number of halogens is 1. The summed E-state index contributed by atoms with van der Waals surface area (Å²) in [5, 5.41) is 1.31. The number of imide groups is 1. The van der Waals surface area contributed by atoms with Crippen LogP contribution in [0.2, 0.25) is 5.02 Å².